The van der Waals surface area contributed by atoms with Crippen LogP contribution >= 0.6 is 0 Å². The average molecular weight is 526 g/mol. The van der Waals surface area contributed by atoms with Crippen molar-refractivity contribution in [2.24, 2.45) is 28.5 Å². The summed E-state index contributed by atoms with van der Waals surface area (Å²) in [6, 6.07) is -0.0514. The lowest BCUT2D eigenvalue weighted by Gasteiger charge is -2.37. The second-order valence-corrected chi connectivity index (χ2v) is 12.0. The molecule has 0 radical (unpaired) electrons. The van der Waals surface area contributed by atoms with Crippen molar-refractivity contribution >= 4 is 17.7 Å². The highest BCUT2D eigenvalue weighted by molar-refractivity contribution is 5.95. The zero-order chi connectivity index (χ0) is 26.2. The van der Waals surface area contributed by atoms with Crippen LogP contribution in [0.5, 0.6) is 0 Å². The number of hydrogen-bond acceptors (Lipinski definition) is 7. The number of nitrogens with two attached hydrogens (primary N) is 1. The smallest absolute Gasteiger partial charge is 0.381 e. The van der Waals surface area contributed by atoms with Gasteiger partial charge in [0.15, 0.2) is 5.96 Å². The van der Waals surface area contributed by atoms with E-state index in [0.29, 0.717) is 31.4 Å². The summed E-state index contributed by atoms with van der Waals surface area (Å²) >= 11 is 0. The third-order valence-corrected chi connectivity index (χ3v) is 8.88. The number of aromatic nitrogens is 2. The molecule has 3 heterocycles. The van der Waals surface area contributed by atoms with Gasteiger partial charge in [0.2, 0.25) is 5.95 Å². The van der Waals surface area contributed by atoms with Gasteiger partial charge in [-0.3, -0.25) is 4.57 Å². The summed E-state index contributed by atoms with van der Waals surface area (Å²) in [4.78, 5) is 9.62. The van der Waals surface area contributed by atoms with Crippen molar-refractivity contribution in [3.05, 3.63) is 5.69 Å². The number of guanidine groups is 1. The van der Waals surface area contributed by atoms with Gasteiger partial charge in [-0.1, -0.05) is 6.92 Å². The quantitative estimate of drug-likeness (QED) is 0.441. The molecule has 4 aliphatic rings. The maximum absolute atomic E-state index is 13.6. The van der Waals surface area contributed by atoms with Crippen LogP contribution in [0, 0.1) is 17.8 Å². The van der Waals surface area contributed by atoms with Gasteiger partial charge in [-0.15, -0.1) is 0 Å². The highest BCUT2D eigenvalue weighted by Crippen LogP contribution is 2.42. The number of anilines is 2. The minimum atomic E-state index is -4.17. The van der Waals surface area contributed by atoms with E-state index in [4.69, 9.17) is 20.4 Å². The predicted octanol–water partition coefficient (Wildman–Crippen LogP) is 4.79. The number of ether oxygens (including phenoxy) is 1. The van der Waals surface area contributed by atoms with Crippen LogP contribution in [0.25, 0.3) is 0 Å². The summed E-state index contributed by atoms with van der Waals surface area (Å²) in [6.45, 7) is 6.68. The molecule has 5 rings (SSSR count). The topological polar surface area (TPSA) is 102 Å². The molecule has 208 valence electrons. The van der Waals surface area contributed by atoms with Gasteiger partial charge >= 0.3 is 6.18 Å². The molecular formula is C26H42F3N7O. The molecule has 11 heteroatoms. The van der Waals surface area contributed by atoms with E-state index in [-0.39, 0.29) is 36.4 Å². The molecule has 37 heavy (non-hydrogen) atoms. The predicted molar refractivity (Wildman–Crippen MR) is 139 cm³/mol. The fourth-order valence-corrected chi connectivity index (χ4v) is 6.60. The first kappa shape index (κ1) is 26.6. The molecule has 1 aromatic rings. The van der Waals surface area contributed by atoms with Crippen molar-refractivity contribution in [1.82, 2.24) is 14.9 Å². The van der Waals surface area contributed by atoms with Gasteiger partial charge in [0.25, 0.3) is 0 Å². The van der Waals surface area contributed by atoms with Crippen LogP contribution in [0.4, 0.5) is 24.9 Å². The number of fused-ring (bicyclic) bond motifs is 1. The number of hydrogen-bond donors (Lipinski definition) is 4. The molecule has 2 saturated carbocycles. The maximum Gasteiger partial charge on any atom is 0.391 e. The molecule has 2 aliphatic carbocycles. The monoisotopic (exact) mass is 525 g/mol. The SMILES string of the molecule is CC1CC(Nc2nc3c(n2C2CCC(CN)CC2)NC(NC2(C)CCOCC2)=NC3)CC(C(F)(F)F)C1. The Kier molecular flexibility index (Phi) is 7.64. The van der Waals surface area contributed by atoms with E-state index < -0.39 is 12.1 Å². The lowest BCUT2D eigenvalue weighted by Crippen LogP contribution is -2.52. The molecule has 0 bridgehead atoms. The van der Waals surface area contributed by atoms with Crippen molar-refractivity contribution in [3.63, 3.8) is 0 Å². The van der Waals surface area contributed by atoms with E-state index >= 15 is 0 Å². The molecule has 5 N–H and O–H groups in total. The van der Waals surface area contributed by atoms with Gasteiger partial charge in [-0.2, -0.15) is 13.2 Å². The van der Waals surface area contributed by atoms with Gasteiger partial charge in [0.05, 0.1) is 12.5 Å². The van der Waals surface area contributed by atoms with Crippen LogP contribution in [0.3, 0.4) is 0 Å². The van der Waals surface area contributed by atoms with Gasteiger partial charge in [0, 0.05) is 30.8 Å². The second-order valence-electron chi connectivity index (χ2n) is 12.0. The number of aliphatic imine (C=N–C) groups is 1. The Hall–Kier alpha value is -2.01. The fraction of sp³-hybridized carbons (Fsp3) is 0.846. The van der Waals surface area contributed by atoms with Crippen LogP contribution in [0.2, 0.25) is 0 Å². The van der Waals surface area contributed by atoms with E-state index in [2.05, 4.69) is 27.4 Å². The van der Waals surface area contributed by atoms with Crippen molar-refractivity contribution in [2.45, 2.75) is 102 Å². The summed E-state index contributed by atoms with van der Waals surface area (Å²) in [6.07, 6.45) is 2.66. The number of nitrogens with zero attached hydrogens (tertiary/aromatic N) is 3. The molecule has 0 aromatic carbocycles. The minimum absolute atomic E-state index is 0.00776. The number of halogens is 3. The molecule has 8 nitrogen and oxygen atoms in total. The molecule has 2 aliphatic heterocycles. The molecule has 3 fully saturated rings. The normalized spacial score (nSPS) is 32.2. The van der Waals surface area contributed by atoms with Crippen LogP contribution in [0.1, 0.15) is 83.4 Å². The van der Waals surface area contributed by atoms with E-state index in [0.717, 1.165) is 69.2 Å². The third kappa shape index (κ3) is 6.02. The molecule has 1 aromatic heterocycles. The molecule has 1 saturated heterocycles. The Balaban J connectivity index is 1.38. The minimum Gasteiger partial charge on any atom is -0.381 e. The lowest BCUT2D eigenvalue weighted by molar-refractivity contribution is -0.186. The Bertz CT molecular complexity index is 964. The Labute approximate surface area is 217 Å². The van der Waals surface area contributed by atoms with Crippen LogP contribution < -0.4 is 21.7 Å². The Morgan fingerprint density at radius 3 is 2.54 bits per heavy atom. The number of alkyl halides is 3. The molecule has 3 unspecified atom stereocenters. The zero-order valence-corrected chi connectivity index (χ0v) is 22.0. The lowest BCUT2D eigenvalue weighted by atomic mass is 9.79. The Morgan fingerprint density at radius 2 is 1.86 bits per heavy atom. The highest BCUT2D eigenvalue weighted by Gasteiger charge is 2.44. The summed E-state index contributed by atoms with van der Waals surface area (Å²) in [5.74, 6) is 1.56. The second kappa shape index (κ2) is 10.6. The van der Waals surface area contributed by atoms with Crippen molar-refractivity contribution in [2.75, 3.05) is 30.4 Å². The van der Waals surface area contributed by atoms with Gasteiger partial charge in [-0.25, -0.2) is 9.98 Å². The summed E-state index contributed by atoms with van der Waals surface area (Å²) in [5.41, 5.74) is 6.68. The number of nitrogens with one attached hydrogen (secondary N) is 3. The summed E-state index contributed by atoms with van der Waals surface area (Å²) < 4.78 is 48.6. The van der Waals surface area contributed by atoms with E-state index in [1.54, 1.807) is 0 Å². The third-order valence-electron chi connectivity index (χ3n) is 8.88. The van der Waals surface area contributed by atoms with Crippen molar-refractivity contribution < 1.29 is 17.9 Å². The summed E-state index contributed by atoms with van der Waals surface area (Å²) in [7, 11) is 0. The first-order chi connectivity index (χ1) is 17.6. The van der Waals surface area contributed by atoms with E-state index in [1.165, 1.54) is 0 Å². The molecule has 3 atom stereocenters. The number of imidazole rings is 1. The molecular weight excluding hydrogens is 483 g/mol. The first-order valence-corrected chi connectivity index (χ1v) is 14.0. The van der Waals surface area contributed by atoms with Crippen LogP contribution in [0.15, 0.2) is 4.99 Å². The summed E-state index contributed by atoms with van der Waals surface area (Å²) in [5, 5.41) is 10.6. The first-order valence-electron chi connectivity index (χ1n) is 14.0. The van der Waals surface area contributed by atoms with Crippen molar-refractivity contribution in [3.8, 4) is 0 Å². The van der Waals surface area contributed by atoms with Gasteiger partial charge in [0.1, 0.15) is 11.5 Å². The standard InChI is InChI=1S/C26H42F3N7O/c1-16-11-18(26(27,28)29)13-19(12-16)32-24-33-21-15-31-23(35-25(2)7-9-37-10-8-25)34-22(21)36(24)20-5-3-17(14-30)4-6-20/h16-20H,3-15,30H2,1-2H3,(H,32,33)(H2,31,34,35). The molecule has 0 spiro atoms. The van der Waals surface area contributed by atoms with Crippen molar-refractivity contribution in [1.29, 1.82) is 0 Å². The van der Waals surface area contributed by atoms with Gasteiger partial charge in [-0.05, 0) is 83.1 Å². The van der Waals surface area contributed by atoms with Crippen LogP contribution in [-0.2, 0) is 11.3 Å². The largest absolute Gasteiger partial charge is 0.391 e. The average Bonchev–Trinajstić information content (AvgIpc) is 3.20. The van der Waals surface area contributed by atoms with Gasteiger partial charge < -0.3 is 26.4 Å². The zero-order valence-electron chi connectivity index (χ0n) is 22.0. The van der Waals surface area contributed by atoms with E-state index in [1.807, 2.05) is 6.92 Å². The van der Waals surface area contributed by atoms with E-state index in [9.17, 15) is 13.2 Å². The maximum atomic E-state index is 13.6. The Morgan fingerprint density at radius 1 is 1.14 bits per heavy atom. The molecule has 0 amide bonds. The highest BCUT2D eigenvalue weighted by atomic mass is 19.4. The fourth-order valence-electron chi connectivity index (χ4n) is 6.60. The van der Waals surface area contributed by atoms with Crippen LogP contribution in [-0.4, -0.2) is 53.0 Å². The number of rotatable bonds is 5.